The van der Waals surface area contributed by atoms with Crippen LogP contribution in [0.1, 0.15) is 33.6 Å². The molecule has 24 heavy (non-hydrogen) atoms. The van der Waals surface area contributed by atoms with Crippen LogP contribution in [0.5, 0.6) is 0 Å². The molecule has 1 aliphatic rings. The third kappa shape index (κ3) is 4.22. The Kier molecular flexibility index (Phi) is 5.17. The van der Waals surface area contributed by atoms with Gasteiger partial charge in [-0.3, -0.25) is 18.1 Å². The molecule has 0 saturated carbocycles. The van der Waals surface area contributed by atoms with Crippen molar-refractivity contribution in [2.24, 2.45) is 5.41 Å². The topological polar surface area (TPSA) is 105 Å². The molecule has 9 heteroatoms. The summed E-state index contributed by atoms with van der Waals surface area (Å²) in [4.78, 5) is 10.9. The van der Waals surface area contributed by atoms with Crippen molar-refractivity contribution in [1.82, 2.24) is 5.32 Å². The normalized spacial score (nSPS) is 18.5. The molecule has 1 aromatic rings. The SMILES string of the molecule is CC(C)(C)C(CCCN1c2ccc(F)cc2NS1(O)O)NC(=O)O. The van der Waals surface area contributed by atoms with E-state index in [9.17, 15) is 18.3 Å². The van der Waals surface area contributed by atoms with Crippen molar-refractivity contribution in [3.63, 3.8) is 0 Å². The van der Waals surface area contributed by atoms with E-state index in [0.717, 1.165) is 0 Å². The highest BCUT2D eigenvalue weighted by Crippen LogP contribution is 2.55. The van der Waals surface area contributed by atoms with E-state index in [1.807, 2.05) is 20.8 Å². The van der Waals surface area contributed by atoms with Crippen LogP contribution in [-0.4, -0.2) is 32.9 Å². The predicted octanol–water partition coefficient (Wildman–Crippen LogP) is 4.10. The van der Waals surface area contributed by atoms with Crippen molar-refractivity contribution in [3.05, 3.63) is 24.0 Å². The molecule has 0 radical (unpaired) electrons. The maximum atomic E-state index is 13.3. The number of halogens is 1. The van der Waals surface area contributed by atoms with Crippen LogP contribution in [0.4, 0.5) is 20.6 Å². The molecule has 1 aliphatic heterocycles. The molecule has 2 rings (SSSR count). The lowest BCUT2D eigenvalue weighted by Gasteiger charge is -2.38. The summed E-state index contributed by atoms with van der Waals surface area (Å²) in [6.07, 6.45) is -0.00237. The summed E-state index contributed by atoms with van der Waals surface area (Å²) in [6, 6.07) is 3.71. The molecule has 5 N–H and O–H groups in total. The fourth-order valence-corrected chi connectivity index (χ4v) is 4.09. The minimum absolute atomic E-state index is 0.259. The Morgan fingerprint density at radius 1 is 1.42 bits per heavy atom. The lowest BCUT2D eigenvalue weighted by Crippen LogP contribution is -2.43. The van der Waals surface area contributed by atoms with Crippen LogP contribution in [0.3, 0.4) is 0 Å². The van der Waals surface area contributed by atoms with Crippen molar-refractivity contribution in [2.45, 2.75) is 39.7 Å². The van der Waals surface area contributed by atoms with Crippen LogP contribution in [0.25, 0.3) is 0 Å². The Hall–Kier alpha value is -1.71. The third-order valence-electron chi connectivity index (χ3n) is 3.98. The summed E-state index contributed by atoms with van der Waals surface area (Å²) in [5.41, 5.74) is 0.603. The summed E-state index contributed by atoms with van der Waals surface area (Å²) >= 11 is 0. The summed E-state index contributed by atoms with van der Waals surface area (Å²) in [5, 5.41) is 11.5. The van der Waals surface area contributed by atoms with Crippen LogP contribution in [0, 0.1) is 11.2 Å². The Balaban J connectivity index is 2.04. The van der Waals surface area contributed by atoms with Gasteiger partial charge in [0.15, 0.2) is 0 Å². The Bertz CT molecular complexity index is 621. The van der Waals surface area contributed by atoms with Crippen LogP contribution >= 0.6 is 11.0 Å². The van der Waals surface area contributed by atoms with E-state index in [4.69, 9.17) is 5.11 Å². The van der Waals surface area contributed by atoms with Crippen molar-refractivity contribution >= 4 is 28.4 Å². The second kappa shape index (κ2) is 6.66. The van der Waals surface area contributed by atoms with E-state index >= 15 is 0 Å². The molecule has 1 heterocycles. The first-order valence-corrected chi connectivity index (χ1v) is 9.14. The van der Waals surface area contributed by atoms with E-state index < -0.39 is 22.9 Å². The van der Waals surface area contributed by atoms with Gasteiger partial charge in [0, 0.05) is 18.7 Å². The number of fused-ring (bicyclic) bond motifs is 1. The van der Waals surface area contributed by atoms with Crippen LogP contribution < -0.4 is 14.3 Å². The summed E-state index contributed by atoms with van der Waals surface area (Å²) in [5.74, 6) is -0.461. The maximum Gasteiger partial charge on any atom is 0.404 e. The standard InChI is InChI=1S/C15H24FN3O4S/c1-15(2,3)13(17-14(20)21)5-4-8-19-12-7-6-10(16)9-11(12)18-24(19,22)23/h6-7,9,13,17-18,22-23H,4-5,8H2,1-3H3,(H,20,21). The average Bonchev–Trinajstić information content (AvgIpc) is 2.65. The molecule has 7 nitrogen and oxygen atoms in total. The monoisotopic (exact) mass is 361 g/mol. The second-order valence-electron chi connectivity index (χ2n) is 6.89. The van der Waals surface area contributed by atoms with Gasteiger partial charge in [-0.1, -0.05) is 20.8 Å². The van der Waals surface area contributed by atoms with Gasteiger partial charge in [-0.2, -0.15) is 0 Å². The molecule has 0 aliphatic carbocycles. The van der Waals surface area contributed by atoms with E-state index in [-0.39, 0.29) is 11.5 Å². The zero-order chi connectivity index (χ0) is 18.1. The fourth-order valence-electron chi connectivity index (χ4n) is 2.70. The quantitative estimate of drug-likeness (QED) is 0.541. The molecule has 1 aromatic carbocycles. The molecule has 0 aromatic heterocycles. The number of amides is 1. The largest absolute Gasteiger partial charge is 0.465 e. The summed E-state index contributed by atoms with van der Waals surface area (Å²) in [7, 11) is -3.24. The molecule has 1 atom stereocenters. The van der Waals surface area contributed by atoms with Gasteiger partial charge in [-0.25, -0.2) is 9.18 Å². The van der Waals surface area contributed by atoms with Gasteiger partial charge in [0.05, 0.1) is 11.4 Å². The number of rotatable bonds is 5. The zero-order valence-electron chi connectivity index (χ0n) is 13.9. The van der Waals surface area contributed by atoms with Gasteiger partial charge in [0.1, 0.15) is 5.82 Å². The minimum Gasteiger partial charge on any atom is -0.465 e. The zero-order valence-corrected chi connectivity index (χ0v) is 14.7. The van der Waals surface area contributed by atoms with Crippen LogP contribution in [0.15, 0.2) is 18.2 Å². The van der Waals surface area contributed by atoms with E-state index in [2.05, 4.69) is 10.0 Å². The van der Waals surface area contributed by atoms with Gasteiger partial charge in [0.2, 0.25) is 0 Å². The van der Waals surface area contributed by atoms with Crippen molar-refractivity contribution in [3.8, 4) is 0 Å². The summed E-state index contributed by atoms with van der Waals surface area (Å²) in [6.45, 7) is 6.13. The molecule has 1 amide bonds. The van der Waals surface area contributed by atoms with Crippen molar-refractivity contribution < 1.29 is 23.4 Å². The molecular weight excluding hydrogens is 337 g/mol. The summed E-state index contributed by atoms with van der Waals surface area (Å²) < 4.78 is 37.5. The van der Waals surface area contributed by atoms with Crippen molar-refractivity contribution in [1.29, 1.82) is 0 Å². The van der Waals surface area contributed by atoms with E-state index in [0.29, 0.717) is 30.8 Å². The maximum absolute atomic E-state index is 13.3. The molecule has 1 unspecified atom stereocenters. The van der Waals surface area contributed by atoms with Gasteiger partial charge >= 0.3 is 6.09 Å². The molecule has 136 valence electrons. The van der Waals surface area contributed by atoms with E-state index in [1.165, 1.54) is 22.5 Å². The number of anilines is 2. The molecule has 0 bridgehead atoms. The lowest BCUT2D eigenvalue weighted by molar-refractivity contribution is 0.171. The second-order valence-corrected chi connectivity index (χ2v) is 8.58. The number of carbonyl (C=O) groups is 1. The third-order valence-corrected chi connectivity index (χ3v) is 5.47. The van der Waals surface area contributed by atoms with Crippen molar-refractivity contribution in [2.75, 3.05) is 15.6 Å². The Morgan fingerprint density at radius 3 is 2.67 bits per heavy atom. The van der Waals surface area contributed by atoms with Crippen LogP contribution in [-0.2, 0) is 0 Å². The number of benzene rings is 1. The van der Waals surface area contributed by atoms with Gasteiger partial charge in [-0.15, -0.1) is 0 Å². The highest BCUT2D eigenvalue weighted by atomic mass is 32.3. The highest BCUT2D eigenvalue weighted by Gasteiger charge is 2.34. The number of nitrogens with one attached hydrogen (secondary N) is 2. The molecular formula is C15H24FN3O4S. The number of hydrogen-bond donors (Lipinski definition) is 5. The smallest absolute Gasteiger partial charge is 0.404 e. The molecule has 0 fully saturated rings. The van der Waals surface area contributed by atoms with Crippen LogP contribution in [0.2, 0.25) is 0 Å². The minimum atomic E-state index is -3.24. The van der Waals surface area contributed by atoms with Gasteiger partial charge < -0.3 is 10.4 Å². The fraction of sp³-hybridized carbons (Fsp3) is 0.533. The first-order valence-electron chi connectivity index (χ1n) is 7.63. The molecule has 0 saturated heterocycles. The number of hydrogen-bond acceptors (Lipinski definition) is 5. The predicted molar refractivity (Wildman–Crippen MR) is 93.9 cm³/mol. The first-order chi connectivity index (χ1) is 11.0. The molecule has 0 spiro atoms. The Labute approximate surface area is 142 Å². The Morgan fingerprint density at radius 2 is 2.08 bits per heavy atom. The average molecular weight is 361 g/mol. The van der Waals surface area contributed by atoms with Gasteiger partial charge in [-0.05, 0) is 41.4 Å². The lowest BCUT2D eigenvalue weighted by atomic mass is 9.84. The van der Waals surface area contributed by atoms with E-state index in [1.54, 1.807) is 0 Å². The number of nitrogens with zero attached hydrogens (tertiary/aromatic N) is 1. The first kappa shape index (κ1) is 18.6. The van der Waals surface area contributed by atoms with Gasteiger partial charge in [0.25, 0.3) is 0 Å². The highest BCUT2D eigenvalue weighted by molar-refractivity contribution is 8.26. The number of carboxylic acid groups (broad SMARTS) is 1.